The lowest BCUT2D eigenvalue weighted by atomic mass is 10.2. The Labute approximate surface area is 146 Å². The molecule has 2 aromatic rings. The molecule has 1 N–H and O–H groups in total. The van der Waals surface area contributed by atoms with Crippen molar-refractivity contribution in [3.05, 3.63) is 45.6 Å². The lowest BCUT2D eigenvalue weighted by Crippen LogP contribution is -2.20. The van der Waals surface area contributed by atoms with Crippen molar-refractivity contribution in [2.75, 3.05) is 11.9 Å². The van der Waals surface area contributed by atoms with Crippen LogP contribution in [0.15, 0.2) is 35.7 Å². The van der Waals surface area contributed by atoms with Gasteiger partial charge < -0.3 is 10.1 Å². The normalized spacial score (nSPS) is 11.3. The Bertz CT molecular complexity index is 674. The van der Waals surface area contributed by atoms with Crippen LogP contribution in [0.3, 0.4) is 0 Å². The molecular weight excluding hydrogens is 363 g/mol. The average molecular weight is 378 g/mol. The van der Waals surface area contributed by atoms with Gasteiger partial charge in [0.15, 0.2) is 6.61 Å². The lowest BCUT2D eigenvalue weighted by molar-refractivity contribution is -0.153. The van der Waals surface area contributed by atoms with Crippen LogP contribution in [0.5, 0.6) is 5.75 Å². The summed E-state index contributed by atoms with van der Waals surface area (Å²) in [7, 11) is 0. The monoisotopic (exact) mass is 377 g/mol. The van der Waals surface area contributed by atoms with Crippen molar-refractivity contribution in [1.82, 2.24) is 0 Å². The number of thiophene rings is 1. The minimum atomic E-state index is -4.46. The number of hydrogen-bond acceptors (Lipinski definition) is 3. The summed E-state index contributed by atoms with van der Waals surface area (Å²) < 4.78 is 41.6. The Morgan fingerprint density at radius 3 is 2.75 bits per heavy atom. The molecule has 0 saturated heterocycles. The van der Waals surface area contributed by atoms with Crippen molar-refractivity contribution >= 4 is 34.5 Å². The SMILES string of the molecule is O=C(CCCc1cccs1)Nc1cc(Cl)ccc1OCC(F)(F)F. The number of hydrogen-bond donors (Lipinski definition) is 1. The molecule has 24 heavy (non-hydrogen) atoms. The maximum absolute atomic E-state index is 12.3. The molecule has 1 aromatic heterocycles. The molecule has 2 rings (SSSR count). The number of nitrogens with one attached hydrogen (secondary N) is 1. The first-order valence-corrected chi connectivity index (χ1v) is 8.40. The Morgan fingerprint density at radius 2 is 2.08 bits per heavy atom. The number of anilines is 1. The molecule has 0 fully saturated rings. The van der Waals surface area contributed by atoms with Gasteiger partial charge >= 0.3 is 6.18 Å². The standard InChI is InChI=1S/C16H15ClF3NO2S/c17-11-6-7-14(23-10-16(18,19)20)13(9-11)21-15(22)5-1-3-12-4-2-8-24-12/h2,4,6-9H,1,3,5,10H2,(H,21,22). The smallest absolute Gasteiger partial charge is 0.422 e. The number of benzene rings is 1. The number of alkyl halides is 3. The van der Waals surface area contributed by atoms with Crippen LogP contribution in [0.1, 0.15) is 17.7 Å². The van der Waals surface area contributed by atoms with Gasteiger partial charge in [0.1, 0.15) is 5.75 Å². The van der Waals surface area contributed by atoms with E-state index < -0.39 is 12.8 Å². The fourth-order valence-electron chi connectivity index (χ4n) is 1.98. The second-order valence-corrected chi connectivity index (χ2v) is 6.49. The van der Waals surface area contributed by atoms with Gasteiger partial charge in [-0.2, -0.15) is 13.2 Å². The van der Waals surface area contributed by atoms with E-state index in [1.54, 1.807) is 11.3 Å². The van der Waals surface area contributed by atoms with Crippen LogP contribution in [-0.2, 0) is 11.2 Å². The Balaban J connectivity index is 1.91. The van der Waals surface area contributed by atoms with Crippen LogP contribution in [-0.4, -0.2) is 18.7 Å². The van der Waals surface area contributed by atoms with Crippen molar-refractivity contribution < 1.29 is 22.7 Å². The number of rotatable bonds is 7. The average Bonchev–Trinajstić information content (AvgIpc) is 2.98. The fraction of sp³-hybridized carbons (Fsp3) is 0.312. The first-order chi connectivity index (χ1) is 11.3. The highest BCUT2D eigenvalue weighted by atomic mass is 35.5. The highest BCUT2D eigenvalue weighted by molar-refractivity contribution is 7.09. The van der Waals surface area contributed by atoms with E-state index in [1.165, 1.54) is 23.1 Å². The van der Waals surface area contributed by atoms with Gasteiger partial charge in [-0.1, -0.05) is 17.7 Å². The van der Waals surface area contributed by atoms with Crippen molar-refractivity contribution in [1.29, 1.82) is 0 Å². The number of aryl methyl sites for hydroxylation is 1. The highest BCUT2D eigenvalue weighted by Crippen LogP contribution is 2.30. The first kappa shape index (κ1) is 18.6. The molecule has 0 saturated carbocycles. The summed E-state index contributed by atoms with van der Waals surface area (Å²) in [4.78, 5) is 13.2. The van der Waals surface area contributed by atoms with Crippen LogP contribution < -0.4 is 10.1 Å². The quantitative estimate of drug-likeness (QED) is 0.710. The number of carbonyl (C=O) groups excluding carboxylic acids is 1. The van der Waals surface area contributed by atoms with E-state index in [1.807, 2.05) is 17.5 Å². The molecule has 0 unspecified atom stereocenters. The zero-order valence-corrected chi connectivity index (χ0v) is 14.1. The van der Waals surface area contributed by atoms with Gasteiger partial charge in [0, 0.05) is 16.3 Å². The second-order valence-electron chi connectivity index (χ2n) is 5.03. The van der Waals surface area contributed by atoms with Gasteiger partial charge in [0.25, 0.3) is 0 Å². The molecule has 0 aliphatic carbocycles. The first-order valence-electron chi connectivity index (χ1n) is 7.15. The Kier molecular flexibility index (Phi) is 6.51. The van der Waals surface area contributed by atoms with Crippen LogP contribution in [0.4, 0.5) is 18.9 Å². The minimum absolute atomic E-state index is 0.0664. The second kappa shape index (κ2) is 8.39. The molecule has 0 aliphatic rings. The fourth-order valence-corrected chi connectivity index (χ4v) is 2.90. The molecule has 1 aromatic carbocycles. The molecule has 130 valence electrons. The molecule has 1 amide bonds. The van der Waals surface area contributed by atoms with Gasteiger partial charge in [-0.05, 0) is 42.5 Å². The molecule has 0 atom stereocenters. The van der Waals surface area contributed by atoms with E-state index in [4.69, 9.17) is 16.3 Å². The van der Waals surface area contributed by atoms with Gasteiger partial charge in [0.2, 0.25) is 5.91 Å². The summed E-state index contributed by atoms with van der Waals surface area (Å²) in [5, 5.41) is 4.81. The molecule has 0 radical (unpaired) electrons. The van der Waals surface area contributed by atoms with Crippen LogP contribution in [0, 0.1) is 0 Å². The predicted molar refractivity (Wildman–Crippen MR) is 88.9 cm³/mol. The maximum Gasteiger partial charge on any atom is 0.422 e. The summed E-state index contributed by atoms with van der Waals surface area (Å²) in [6.45, 7) is -1.43. The van der Waals surface area contributed by atoms with E-state index in [0.29, 0.717) is 11.4 Å². The largest absolute Gasteiger partial charge is 0.482 e. The van der Waals surface area contributed by atoms with E-state index in [-0.39, 0.29) is 23.8 Å². The summed E-state index contributed by atoms with van der Waals surface area (Å²) >= 11 is 7.45. The lowest BCUT2D eigenvalue weighted by Gasteiger charge is -2.14. The Hall–Kier alpha value is -1.73. The van der Waals surface area contributed by atoms with E-state index in [9.17, 15) is 18.0 Å². The third-order valence-corrected chi connectivity index (χ3v) is 4.19. The maximum atomic E-state index is 12.3. The predicted octanol–water partition coefficient (Wildman–Crippen LogP) is 5.30. The van der Waals surface area contributed by atoms with E-state index in [2.05, 4.69) is 5.32 Å². The summed E-state index contributed by atoms with van der Waals surface area (Å²) in [6.07, 6.45) is -2.78. The molecule has 3 nitrogen and oxygen atoms in total. The van der Waals surface area contributed by atoms with Crippen molar-refractivity contribution in [3.8, 4) is 5.75 Å². The number of halogens is 4. The van der Waals surface area contributed by atoms with Crippen molar-refractivity contribution in [2.45, 2.75) is 25.4 Å². The zero-order valence-electron chi connectivity index (χ0n) is 12.5. The molecule has 1 heterocycles. The topological polar surface area (TPSA) is 38.3 Å². The van der Waals surface area contributed by atoms with Crippen molar-refractivity contribution in [2.24, 2.45) is 0 Å². The van der Waals surface area contributed by atoms with Gasteiger partial charge in [0.05, 0.1) is 5.69 Å². The number of amides is 1. The number of ether oxygens (including phenoxy) is 1. The minimum Gasteiger partial charge on any atom is -0.482 e. The van der Waals surface area contributed by atoms with E-state index in [0.717, 1.165) is 6.42 Å². The van der Waals surface area contributed by atoms with E-state index >= 15 is 0 Å². The molecule has 0 aliphatic heterocycles. The van der Waals surface area contributed by atoms with Gasteiger partial charge in [-0.15, -0.1) is 11.3 Å². The molecule has 0 bridgehead atoms. The van der Waals surface area contributed by atoms with Crippen LogP contribution in [0.2, 0.25) is 5.02 Å². The summed E-state index contributed by atoms with van der Waals surface area (Å²) in [5.41, 5.74) is 0.132. The zero-order chi connectivity index (χ0) is 17.6. The van der Waals surface area contributed by atoms with Crippen LogP contribution in [0.25, 0.3) is 0 Å². The number of carbonyl (C=O) groups is 1. The molecule has 8 heteroatoms. The molecule has 0 spiro atoms. The van der Waals surface area contributed by atoms with Crippen molar-refractivity contribution in [3.63, 3.8) is 0 Å². The third kappa shape index (κ3) is 6.41. The van der Waals surface area contributed by atoms with Crippen LogP contribution >= 0.6 is 22.9 Å². The third-order valence-electron chi connectivity index (χ3n) is 3.01. The highest BCUT2D eigenvalue weighted by Gasteiger charge is 2.29. The molecular formula is C16H15ClF3NO2S. The Morgan fingerprint density at radius 1 is 1.29 bits per heavy atom. The van der Waals surface area contributed by atoms with Gasteiger partial charge in [-0.3, -0.25) is 4.79 Å². The van der Waals surface area contributed by atoms with Gasteiger partial charge in [-0.25, -0.2) is 0 Å². The summed E-state index contributed by atoms with van der Waals surface area (Å²) in [6, 6.07) is 8.00. The summed E-state index contributed by atoms with van der Waals surface area (Å²) in [5.74, 6) is -0.367.